The van der Waals surface area contributed by atoms with E-state index in [2.05, 4.69) is 206 Å². The minimum absolute atomic E-state index is 0.890. The fourth-order valence-electron chi connectivity index (χ4n) is 9.62. The summed E-state index contributed by atoms with van der Waals surface area (Å²) in [5.41, 5.74) is 11.7. The lowest BCUT2D eigenvalue weighted by Gasteiger charge is -2.19. The molecule has 0 aliphatic carbocycles. The van der Waals surface area contributed by atoms with Crippen LogP contribution in [0.25, 0.3) is 120 Å². The van der Waals surface area contributed by atoms with Crippen LogP contribution in [0.2, 0.25) is 0 Å². The van der Waals surface area contributed by atoms with Crippen molar-refractivity contribution < 1.29 is 4.42 Å². The van der Waals surface area contributed by atoms with E-state index in [1.807, 2.05) is 0 Å². The second-order valence-corrected chi connectivity index (χ2v) is 15.1. The Bertz CT molecular complexity index is 3450. The molecule has 0 aliphatic heterocycles. The van der Waals surface area contributed by atoms with E-state index in [9.17, 15) is 0 Å². The zero-order valence-corrected chi connectivity index (χ0v) is 31.0. The maximum absolute atomic E-state index is 6.58. The third-order valence-corrected chi connectivity index (χ3v) is 12.0. The molecule has 0 aliphatic rings. The van der Waals surface area contributed by atoms with Crippen molar-refractivity contribution in [2.45, 2.75) is 0 Å². The molecule has 1 nitrogen and oxygen atoms in total. The van der Waals surface area contributed by atoms with Crippen LogP contribution in [-0.4, -0.2) is 0 Å². The van der Waals surface area contributed by atoms with Crippen molar-refractivity contribution in [3.8, 4) is 44.5 Å². The molecule has 0 unspecified atom stereocenters. The zero-order chi connectivity index (χ0) is 37.5. The summed E-state index contributed by atoms with van der Waals surface area (Å²) in [5.74, 6) is 0. The highest BCUT2D eigenvalue weighted by Crippen LogP contribution is 2.48. The van der Waals surface area contributed by atoms with Crippen molar-refractivity contribution in [3.05, 3.63) is 206 Å². The Morgan fingerprint density at radius 2 is 0.596 bits per heavy atom. The third kappa shape index (κ3) is 4.83. The lowest BCUT2D eigenvalue weighted by atomic mass is 9.84. The fourth-order valence-corrected chi connectivity index (χ4v) is 9.62. The van der Waals surface area contributed by atoms with Crippen LogP contribution in [0.4, 0.5) is 0 Å². The van der Waals surface area contributed by atoms with Gasteiger partial charge in [-0.1, -0.05) is 182 Å². The molecule has 1 heterocycles. The Morgan fingerprint density at radius 3 is 1.07 bits per heavy atom. The van der Waals surface area contributed by atoms with E-state index in [0.29, 0.717) is 0 Å². The van der Waals surface area contributed by atoms with Gasteiger partial charge in [-0.2, -0.15) is 0 Å². The maximum atomic E-state index is 6.58. The summed E-state index contributed by atoms with van der Waals surface area (Å²) in [6, 6.07) is 75.2. The van der Waals surface area contributed by atoms with Gasteiger partial charge in [-0.15, -0.1) is 0 Å². The Balaban J connectivity index is 1.11. The Kier molecular flexibility index (Phi) is 7.00. The highest BCUT2D eigenvalue weighted by Gasteiger charge is 2.21. The number of hydrogen-bond acceptors (Lipinski definition) is 1. The molecule has 0 bridgehead atoms. The quantitative estimate of drug-likeness (QED) is 0.165. The van der Waals surface area contributed by atoms with Crippen molar-refractivity contribution in [3.63, 3.8) is 0 Å². The van der Waals surface area contributed by atoms with Gasteiger partial charge in [0, 0.05) is 10.8 Å². The van der Waals surface area contributed by atoms with Crippen LogP contribution in [0.15, 0.2) is 211 Å². The first-order valence-corrected chi connectivity index (χ1v) is 19.7. The van der Waals surface area contributed by atoms with Crippen LogP contribution in [0.3, 0.4) is 0 Å². The Labute approximate surface area is 329 Å². The minimum atomic E-state index is 0.890. The van der Waals surface area contributed by atoms with Gasteiger partial charge in [-0.3, -0.25) is 0 Å². The molecule has 0 N–H and O–H groups in total. The van der Waals surface area contributed by atoms with Gasteiger partial charge < -0.3 is 4.42 Å². The molecule has 0 saturated heterocycles. The molecule has 1 heteroatoms. The van der Waals surface area contributed by atoms with Gasteiger partial charge in [0.1, 0.15) is 11.2 Å². The molecule has 11 aromatic carbocycles. The van der Waals surface area contributed by atoms with Crippen LogP contribution < -0.4 is 0 Å². The topological polar surface area (TPSA) is 13.1 Å². The smallest absolute Gasteiger partial charge is 0.135 e. The highest BCUT2D eigenvalue weighted by molar-refractivity contribution is 6.25. The molecule has 12 aromatic rings. The van der Waals surface area contributed by atoms with E-state index in [-0.39, 0.29) is 0 Å². The van der Waals surface area contributed by atoms with Crippen LogP contribution in [0, 0.1) is 0 Å². The zero-order valence-electron chi connectivity index (χ0n) is 31.0. The summed E-state index contributed by atoms with van der Waals surface area (Å²) in [7, 11) is 0. The Hall–Kier alpha value is -7.48. The molecular weight excluding hydrogens is 689 g/mol. The van der Waals surface area contributed by atoms with Crippen molar-refractivity contribution >= 4 is 75.8 Å². The van der Waals surface area contributed by atoms with Gasteiger partial charge >= 0.3 is 0 Å². The molecule has 12 rings (SSSR count). The normalized spacial score (nSPS) is 11.9. The Morgan fingerprint density at radius 1 is 0.228 bits per heavy atom. The molecule has 0 fully saturated rings. The van der Waals surface area contributed by atoms with Crippen LogP contribution in [-0.2, 0) is 0 Å². The minimum Gasteiger partial charge on any atom is -0.456 e. The molecule has 0 saturated carbocycles. The summed E-state index contributed by atoms with van der Waals surface area (Å²) >= 11 is 0. The fraction of sp³-hybridized carbons (Fsp3) is 0. The molecule has 0 atom stereocenters. The SMILES string of the molecule is c1ccc(-c2c3ccccc3c(-c3ccc4oc5ccc(-c6c7ccccc7c(-c7cccc8ccccc78)c7ccccc67)cc5c4c3)c3ccccc23)cc1. The molecule has 264 valence electrons. The van der Waals surface area contributed by atoms with Crippen molar-refractivity contribution in [1.29, 1.82) is 0 Å². The van der Waals surface area contributed by atoms with E-state index in [0.717, 1.165) is 21.9 Å². The molecule has 0 amide bonds. The number of hydrogen-bond donors (Lipinski definition) is 0. The molecule has 0 spiro atoms. The average molecular weight is 723 g/mol. The second-order valence-electron chi connectivity index (χ2n) is 15.1. The average Bonchev–Trinajstić information content (AvgIpc) is 3.64. The van der Waals surface area contributed by atoms with Gasteiger partial charge in [-0.25, -0.2) is 0 Å². The van der Waals surface area contributed by atoms with Gasteiger partial charge in [0.2, 0.25) is 0 Å². The summed E-state index contributed by atoms with van der Waals surface area (Å²) in [5, 5.41) is 14.7. The summed E-state index contributed by atoms with van der Waals surface area (Å²) in [4.78, 5) is 0. The first-order chi connectivity index (χ1) is 28.3. The number of benzene rings is 11. The van der Waals surface area contributed by atoms with Crippen LogP contribution in [0.5, 0.6) is 0 Å². The van der Waals surface area contributed by atoms with E-state index >= 15 is 0 Å². The largest absolute Gasteiger partial charge is 0.456 e. The molecular formula is C56H34O. The van der Waals surface area contributed by atoms with Gasteiger partial charge in [0.05, 0.1) is 0 Å². The number of furan rings is 1. The standard InChI is InChI=1S/C56H34O/c1-2-16-36(17-3-1)53-41-20-6-8-22-43(41)54(44-23-9-7-21-42(44)53)37-29-31-51-49(33-37)50-34-38(30-32-52(50)57-51)55-45-24-10-12-26-47(45)56(48-27-13-11-25-46(48)55)40-28-14-18-35-15-4-5-19-39(35)40/h1-34H. The van der Waals surface area contributed by atoms with E-state index < -0.39 is 0 Å². The first kappa shape index (κ1) is 31.8. The van der Waals surface area contributed by atoms with Gasteiger partial charge in [0.25, 0.3) is 0 Å². The van der Waals surface area contributed by atoms with Crippen LogP contribution in [0.1, 0.15) is 0 Å². The molecule has 57 heavy (non-hydrogen) atoms. The summed E-state index contributed by atoms with van der Waals surface area (Å²) < 4.78 is 6.58. The predicted molar refractivity (Wildman–Crippen MR) is 243 cm³/mol. The monoisotopic (exact) mass is 722 g/mol. The highest BCUT2D eigenvalue weighted by atomic mass is 16.3. The maximum Gasteiger partial charge on any atom is 0.135 e. The van der Waals surface area contributed by atoms with Crippen LogP contribution >= 0.6 is 0 Å². The van der Waals surface area contributed by atoms with Crippen molar-refractivity contribution in [2.24, 2.45) is 0 Å². The first-order valence-electron chi connectivity index (χ1n) is 19.7. The lowest BCUT2D eigenvalue weighted by Crippen LogP contribution is -1.91. The predicted octanol–water partition coefficient (Wildman–Crippen LogP) is 16.0. The van der Waals surface area contributed by atoms with Gasteiger partial charge in [-0.05, 0) is 123 Å². The lowest BCUT2D eigenvalue weighted by molar-refractivity contribution is 0.669. The van der Waals surface area contributed by atoms with E-state index in [1.54, 1.807) is 0 Å². The second kappa shape index (κ2) is 12.5. The number of rotatable bonds is 4. The van der Waals surface area contributed by atoms with E-state index in [4.69, 9.17) is 4.42 Å². The summed E-state index contributed by atoms with van der Waals surface area (Å²) in [6.07, 6.45) is 0. The third-order valence-electron chi connectivity index (χ3n) is 12.0. The summed E-state index contributed by atoms with van der Waals surface area (Å²) in [6.45, 7) is 0. The van der Waals surface area contributed by atoms with E-state index in [1.165, 1.54) is 98.4 Å². The van der Waals surface area contributed by atoms with Crippen molar-refractivity contribution in [1.82, 2.24) is 0 Å². The molecule has 0 radical (unpaired) electrons. The number of fused-ring (bicyclic) bond motifs is 8. The molecule has 1 aromatic heterocycles. The van der Waals surface area contributed by atoms with Gasteiger partial charge in [0.15, 0.2) is 0 Å². The van der Waals surface area contributed by atoms with Crippen molar-refractivity contribution in [2.75, 3.05) is 0 Å².